The summed E-state index contributed by atoms with van der Waals surface area (Å²) < 4.78 is 88.8. The molecule has 3 heterocycles. The Balaban J connectivity index is 1.40. The van der Waals surface area contributed by atoms with E-state index in [4.69, 9.17) is 4.74 Å². The van der Waals surface area contributed by atoms with Gasteiger partial charge in [-0.15, -0.1) is 5.10 Å². The van der Waals surface area contributed by atoms with Gasteiger partial charge < -0.3 is 19.6 Å². The summed E-state index contributed by atoms with van der Waals surface area (Å²) in [6, 6.07) is 3.22. The molecule has 0 amide bonds. The lowest BCUT2D eigenvalue weighted by molar-refractivity contribution is -0.143. The molecule has 6 rings (SSSR count). The van der Waals surface area contributed by atoms with Gasteiger partial charge in [-0.25, -0.2) is 0 Å². The molecule has 0 spiro atoms. The zero-order valence-electron chi connectivity index (χ0n) is 26.7. The van der Waals surface area contributed by atoms with Crippen molar-refractivity contribution >= 4 is 17.6 Å². The summed E-state index contributed by atoms with van der Waals surface area (Å²) in [5.74, 6) is -0.158. The van der Waals surface area contributed by atoms with E-state index in [-0.39, 0.29) is 36.5 Å². The Morgan fingerprint density at radius 1 is 0.979 bits per heavy atom. The van der Waals surface area contributed by atoms with Crippen LogP contribution in [0, 0.1) is 18.8 Å². The minimum atomic E-state index is -4.98. The number of aliphatic carboxylic acids is 1. The molecular formula is C33H38F6N6O3. The smallest absolute Gasteiger partial charge is 0.416 e. The first-order chi connectivity index (χ1) is 22.7. The number of rotatable bonds is 8. The highest BCUT2D eigenvalue weighted by molar-refractivity contribution is 5.68. The summed E-state index contributed by atoms with van der Waals surface area (Å²) in [4.78, 5) is 16.5. The summed E-state index contributed by atoms with van der Waals surface area (Å²) in [7, 11) is 1.54. The third-order valence-electron chi connectivity index (χ3n) is 9.92. The van der Waals surface area contributed by atoms with Crippen molar-refractivity contribution in [2.75, 3.05) is 22.9 Å². The molecule has 1 aliphatic carbocycles. The van der Waals surface area contributed by atoms with Gasteiger partial charge in [0.05, 0.1) is 37.4 Å². The van der Waals surface area contributed by atoms with Crippen molar-refractivity contribution in [1.29, 1.82) is 0 Å². The number of benzene rings is 2. The number of anilines is 2. The zero-order valence-corrected chi connectivity index (χ0v) is 26.7. The van der Waals surface area contributed by atoms with E-state index in [9.17, 15) is 36.2 Å². The molecule has 1 atom stereocenters. The number of carboxylic acids is 1. The van der Waals surface area contributed by atoms with E-state index in [0.717, 1.165) is 72.3 Å². The number of ether oxygens (including phenoxy) is 1. The van der Waals surface area contributed by atoms with Crippen molar-refractivity contribution < 1.29 is 41.0 Å². The molecule has 0 saturated heterocycles. The van der Waals surface area contributed by atoms with Gasteiger partial charge in [-0.3, -0.25) is 4.79 Å². The fraction of sp³-hybridized carbons (Fsp3) is 0.576. The molecule has 0 radical (unpaired) electrons. The van der Waals surface area contributed by atoms with E-state index in [1.807, 2.05) is 6.92 Å². The summed E-state index contributed by atoms with van der Waals surface area (Å²) in [5, 5.41) is 21.7. The highest BCUT2D eigenvalue weighted by atomic mass is 19.4. The minimum absolute atomic E-state index is 0.0963. The van der Waals surface area contributed by atoms with Crippen LogP contribution < -0.4 is 9.80 Å². The minimum Gasteiger partial charge on any atom is -0.481 e. The maximum absolute atomic E-state index is 13.8. The molecule has 9 nitrogen and oxygen atoms in total. The number of alkyl halides is 6. The molecule has 3 aromatic rings. The fourth-order valence-corrected chi connectivity index (χ4v) is 7.65. The van der Waals surface area contributed by atoms with Crippen LogP contribution in [0.25, 0.3) is 0 Å². The lowest BCUT2D eigenvalue weighted by Gasteiger charge is -2.36. The van der Waals surface area contributed by atoms with Gasteiger partial charge in [-0.2, -0.15) is 31.1 Å². The van der Waals surface area contributed by atoms with Gasteiger partial charge >= 0.3 is 18.3 Å². The first-order valence-electron chi connectivity index (χ1n) is 16.2. The average molecular weight is 681 g/mol. The van der Waals surface area contributed by atoms with E-state index in [1.165, 1.54) is 4.80 Å². The SMILES string of the molecule is Cc1c2c(cc3c1N(CC1CCC(CC(=O)O)CC1)CCC[C@@H]3N(Cc1cc(C(F)(F)F)cc(C(F)(F)F)c1)c1nnn(C)n1)COC2. The van der Waals surface area contributed by atoms with E-state index < -0.39 is 35.5 Å². The van der Waals surface area contributed by atoms with Gasteiger partial charge in [-0.1, -0.05) is 5.10 Å². The maximum atomic E-state index is 13.8. The van der Waals surface area contributed by atoms with Crippen LogP contribution in [0.5, 0.6) is 0 Å². The molecule has 1 aromatic heterocycles. The molecule has 1 saturated carbocycles. The lowest BCUT2D eigenvalue weighted by Crippen LogP contribution is -2.34. The van der Waals surface area contributed by atoms with Gasteiger partial charge in [0.2, 0.25) is 0 Å². The van der Waals surface area contributed by atoms with Crippen molar-refractivity contribution in [3.63, 3.8) is 0 Å². The fourth-order valence-electron chi connectivity index (χ4n) is 7.65. The van der Waals surface area contributed by atoms with Gasteiger partial charge in [0.25, 0.3) is 5.95 Å². The summed E-state index contributed by atoms with van der Waals surface area (Å²) in [6.45, 7) is 4.03. The second-order valence-corrected chi connectivity index (χ2v) is 13.3. The van der Waals surface area contributed by atoms with Crippen LogP contribution in [0.15, 0.2) is 24.3 Å². The molecule has 2 aliphatic heterocycles. The average Bonchev–Trinajstić information content (AvgIpc) is 3.62. The second-order valence-electron chi connectivity index (χ2n) is 13.3. The Morgan fingerprint density at radius 3 is 2.25 bits per heavy atom. The molecule has 1 N–H and O–H groups in total. The van der Waals surface area contributed by atoms with Crippen LogP contribution in [0.1, 0.15) is 89.9 Å². The molecule has 260 valence electrons. The predicted octanol–water partition coefficient (Wildman–Crippen LogP) is 7.22. The Hall–Kier alpha value is -3.88. The van der Waals surface area contributed by atoms with Gasteiger partial charge in [0.15, 0.2) is 0 Å². The molecule has 3 aliphatic rings. The van der Waals surface area contributed by atoms with Crippen molar-refractivity contribution in [2.45, 2.75) is 90.0 Å². The second kappa shape index (κ2) is 13.2. The number of hydrogen-bond acceptors (Lipinski definition) is 7. The third kappa shape index (κ3) is 7.25. The Morgan fingerprint density at radius 2 is 1.65 bits per heavy atom. The van der Waals surface area contributed by atoms with E-state index in [1.54, 1.807) is 11.9 Å². The van der Waals surface area contributed by atoms with Crippen molar-refractivity contribution in [1.82, 2.24) is 20.2 Å². The molecule has 0 bridgehead atoms. The molecular weight excluding hydrogens is 642 g/mol. The highest BCUT2D eigenvalue weighted by Crippen LogP contribution is 2.45. The Kier molecular flexibility index (Phi) is 9.35. The van der Waals surface area contributed by atoms with Gasteiger partial charge in [0.1, 0.15) is 0 Å². The zero-order chi connectivity index (χ0) is 34.4. The topological polar surface area (TPSA) is 96.6 Å². The van der Waals surface area contributed by atoms with Crippen molar-refractivity contribution in [3.8, 4) is 0 Å². The maximum Gasteiger partial charge on any atom is 0.416 e. The number of hydrogen-bond donors (Lipinski definition) is 1. The quantitative estimate of drug-likeness (QED) is 0.250. The number of aryl methyl sites for hydroxylation is 1. The Labute approximate surface area is 273 Å². The van der Waals surface area contributed by atoms with Crippen LogP contribution in [0.2, 0.25) is 0 Å². The molecule has 1 fully saturated rings. The van der Waals surface area contributed by atoms with Gasteiger partial charge in [0, 0.05) is 31.7 Å². The number of aromatic nitrogens is 4. The number of carbonyl (C=O) groups is 1. The van der Waals surface area contributed by atoms with E-state index in [0.29, 0.717) is 38.5 Å². The Bertz CT molecular complexity index is 1620. The van der Waals surface area contributed by atoms with E-state index in [2.05, 4.69) is 26.4 Å². The van der Waals surface area contributed by atoms with Crippen molar-refractivity contribution in [3.05, 3.63) is 63.2 Å². The summed E-state index contributed by atoms with van der Waals surface area (Å²) >= 11 is 0. The number of halogens is 6. The normalized spacial score (nSPS) is 21.5. The van der Waals surface area contributed by atoms with Crippen LogP contribution >= 0.6 is 0 Å². The van der Waals surface area contributed by atoms with Crippen LogP contribution in [-0.4, -0.2) is 44.4 Å². The predicted molar refractivity (Wildman–Crippen MR) is 163 cm³/mol. The number of fused-ring (bicyclic) bond motifs is 2. The number of carboxylic acid groups (broad SMARTS) is 1. The standard InChI is InChI=1S/C33H38F6N6O3/c1-19-27-18-48-17-23(27)13-26-28(4-3-9-44(30(19)26)15-21-7-5-20(6-8-21)12-29(46)47)45(31-40-42-43(2)41-31)16-22-10-24(32(34,35)36)14-25(11-22)33(37,38)39/h10-11,13-14,20-21,28H,3-9,12,15-18H2,1-2H3,(H,46,47)/t20?,21?,28-/m0/s1. The molecule has 0 unspecified atom stereocenters. The van der Waals surface area contributed by atoms with Crippen LogP contribution in [0.3, 0.4) is 0 Å². The summed E-state index contributed by atoms with van der Waals surface area (Å²) in [6.07, 6.45) is -5.04. The molecule has 48 heavy (non-hydrogen) atoms. The number of tetrazole rings is 1. The summed E-state index contributed by atoms with van der Waals surface area (Å²) in [5.41, 5.74) is 2.07. The van der Waals surface area contributed by atoms with E-state index >= 15 is 0 Å². The first-order valence-corrected chi connectivity index (χ1v) is 16.2. The van der Waals surface area contributed by atoms with Crippen molar-refractivity contribution in [2.24, 2.45) is 18.9 Å². The van der Waals surface area contributed by atoms with Gasteiger partial charge in [-0.05, 0) is 115 Å². The largest absolute Gasteiger partial charge is 0.481 e. The highest BCUT2D eigenvalue weighted by Gasteiger charge is 2.39. The molecule has 2 aromatic carbocycles. The lowest BCUT2D eigenvalue weighted by atomic mass is 9.80. The first kappa shape index (κ1) is 34.0. The monoisotopic (exact) mass is 680 g/mol. The number of nitrogens with zero attached hydrogens (tertiary/aromatic N) is 6. The van der Waals surface area contributed by atoms with Crippen LogP contribution in [0.4, 0.5) is 38.0 Å². The molecule has 15 heteroatoms. The third-order valence-corrected chi connectivity index (χ3v) is 9.92. The van der Waals surface area contributed by atoms with Crippen LogP contribution in [-0.2, 0) is 48.7 Å².